The minimum absolute atomic E-state index is 0.667. The van der Waals surface area contributed by atoms with Crippen LogP contribution in [0.1, 0.15) is 19.5 Å². The first kappa shape index (κ1) is 10.4. The van der Waals surface area contributed by atoms with E-state index < -0.39 is 0 Å². The van der Waals surface area contributed by atoms with Crippen LogP contribution in [0.25, 0.3) is 0 Å². The van der Waals surface area contributed by atoms with Crippen LogP contribution in [0, 0.1) is 0 Å². The van der Waals surface area contributed by atoms with Crippen LogP contribution in [0.4, 0.5) is 5.82 Å². The third-order valence-electron chi connectivity index (χ3n) is 1.63. The zero-order valence-electron chi connectivity index (χ0n) is 8.37. The van der Waals surface area contributed by atoms with Crippen LogP contribution >= 0.6 is 11.8 Å². The molecule has 13 heavy (non-hydrogen) atoms. The molecular weight excluding hydrogens is 180 g/mol. The number of nitrogens with zero attached hydrogens (tertiary/aromatic N) is 1. The Hall–Kier alpha value is -0.700. The summed E-state index contributed by atoms with van der Waals surface area (Å²) in [5.41, 5.74) is 1.14. The number of anilines is 1. The van der Waals surface area contributed by atoms with Gasteiger partial charge < -0.3 is 5.32 Å². The van der Waals surface area contributed by atoms with Gasteiger partial charge in [-0.3, -0.25) is 0 Å². The van der Waals surface area contributed by atoms with E-state index in [4.69, 9.17) is 0 Å². The lowest BCUT2D eigenvalue weighted by Gasteiger charge is -2.05. The van der Waals surface area contributed by atoms with Crippen molar-refractivity contribution in [2.75, 3.05) is 12.4 Å². The Morgan fingerprint density at radius 3 is 2.85 bits per heavy atom. The van der Waals surface area contributed by atoms with E-state index >= 15 is 0 Å². The van der Waals surface area contributed by atoms with Crippen LogP contribution in [0.15, 0.2) is 18.2 Å². The van der Waals surface area contributed by atoms with E-state index in [2.05, 4.69) is 30.2 Å². The fourth-order valence-electron chi connectivity index (χ4n) is 0.951. The number of rotatable bonds is 4. The smallest absolute Gasteiger partial charge is 0.125 e. The third kappa shape index (κ3) is 3.68. The minimum atomic E-state index is 0.667. The van der Waals surface area contributed by atoms with Crippen molar-refractivity contribution < 1.29 is 0 Å². The van der Waals surface area contributed by atoms with Gasteiger partial charge in [0.2, 0.25) is 0 Å². The number of hydrogen-bond acceptors (Lipinski definition) is 3. The minimum Gasteiger partial charge on any atom is -0.373 e. The Labute approximate surface area is 84.1 Å². The molecule has 1 heterocycles. The number of thioether (sulfide) groups is 1. The average Bonchev–Trinajstić information content (AvgIpc) is 2.15. The molecule has 3 heteroatoms. The van der Waals surface area contributed by atoms with Gasteiger partial charge in [0, 0.05) is 12.8 Å². The molecule has 0 amide bonds. The number of hydrogen-bond donors (Lipinski definition) is 1. The summed E-state index contributed by atoms with van der Waals surface area (Å²) < 4.78 is 0. The van der Waals surface area contributed by atoms with E-state index in [1.54, 1.807) is 0 Å². The zero-order chi connectivity index (χ0) is 9.68. The molecule has 0 aromatic carbocycles. The molecule has 2 nitrogen and oxygen atoms in total. The number of nitrogens with one attached hydrogen (secondary N) is 1. The molecule has 1 aromatic rings. The van der Waals surface area contributed by atoms with Crippen LogP contribution in [-0.4, -0.2) is 17.3 Å². The normalized spacial score (nSPS) is 10.5. The summed E-state index contributed by atoms with van der Waals surface area (Å²) in [7, 11) is 1.89. The summed E-state index contributed by atoms with van der Waals surface area (Å²) in [5, 5.41) is 3.70. The standard InChI is InChI=1S/C10H16N2S/c1-8(2)13-7-9-5-4-6-10(11-3)12-9/h4-6,8H,7H2,1-3H3,(H,11,12). The predicted octanol–water partition coefficient (Wildman–Crippen LogP) is 2.76. The number of pyridine rings is 1. The molecule has 0 fully saturated rings. The van der Waals surface area contributed by atoms with Crippen molar-refractivity contribution in [3.8, 4) is 0 Å². The summed E-state index contributed by atoms with van der Waals surface area (Å²) in [6.07, 6.45) is 0. The summed E-state index contributed by atoms with van der Waals surface area (Å²) in [6.45, 7) is 4.40. The maximum absolute atomic E-state index is 4.43. The topological polar surface area (TPSA) is 24.9 Å². The second kappa shape index (κ2) is 5.12. The highest BCUT2D eigenvalue weighted by molar-refractivity contribution is 7.99. The molecule has 0 aliphatic rings. The van der Waals surface area contributed by atoms with Gasteiger partial charge in [-0.2, -0.15) is 11.8 Å². The van der Waals surface area contributed by atoms with Crippen molar-refractivity contribution in [1.29, 1.82) is 0 Å². The van der Waals surface area contributed by atoms with Crippen molar-refractivity contribution in [2.24, 2.45) is 0 Å². The summed E-state index contributed by atoms with van der Waals surface area (Å²) in [6, 6.07) is 6.08. The maximum Gasteiger partial charge on any atom is 0.125 e. The molecule has 0 unspecified atom stereocenters. The number of aromatic nitrogens is 1. The van der Waals surface area contributed by atoms with Crippen LogP contribution < -0.4 is 5.32 Å². The van der Waals surface area contributed by atoms with Gasteiger partial charge in [0.1, 0.15) is 5.82 Å². The molecule has 0 saturated heterocycles. The summed E-state index contributed by atoms with van der Waals surface area (Å²) >= 11 is 1.91. The first-order valence-electron chi connectivity index (χ1n) is 4.47. The van der Waals surface area contributed by atoms with Gasteiger partial charge in [-0.15, -0.1) is 0 Å². The Balaban J connectivity index is 2.56. The van der Waals surface area contributed by atoms with Gasteiger partial charge in [0.05, 0.1) is 5.69 Å². The van der Waals surface area contributed by atoms with Gasteiger partial charge >= 0.3 is 0 Å². The van der Waals surface area contributed by atoms with E-state index in [9.17, 15) is 0 Å². The Kier molecular flexibility index (Phi) is 4.09. The molecule has 1 N–H and O–H groups in total. The zero-order valence-corrected chi connectivity index (χ0v) is 9.19. The van der Waals surface area contributed by atoms with Crippen LogP contribution in [0.2, 0.25) is 0 Å². The monoisotopic (exact) mass is 196 g/mol. The largest absolute Gasteiger partial charge is 0.373 e. The first-order valence-corrected chi connectivity index (χ1v) is 5.52. The molecule has 0 aliphatic carbocycles. The lowest BCUT2D eigenvalue weighted by molar-refractivity contribution is 1.09. The first-order chi connectivity index (χ1) is 6.22. The van der Waals surface area contributed by atoms with Crippen molar-refractivity contribution >= 4 is 17.6 Å². The lowest BCUT2D eigenvalue weighted by Crippen LogP contribution is -1.96. The van der Waals surface area contributed by atoms with E-state index in [0.717, 1.165) is 17.3 Å². The average molecular weight is 196 g/mol. The van der Waals surface area contributed by atoms with Crippen molar-refractivity contribution in [2.45, 2.75) is 24.9 Å². The SMILES string of the molecule is CNc1cccc(CSC(C)C)n1. The molecule has 0 spiro atoms. The van der Waals surface area contributed by atoms with Gasteiger partial charge in [-0.1, -0.05) is 19.9 Å². The van der Waals surface area contributed by atoms with Gasteiger partial charge in [0.25, 0.3) is 0 Å². The highest BCUT2D eigenvalue weighted by Gasteiger charge is 1.98. The van der Waals surface area contributed by atoms with E-state index in [1.165, 1.54) is 0 Å². The summed E-state index contributed by atoms with van der Waals surface area (Å²) in [4.78, 5) is 4.43. The van der Waals surface area contributed by atoms with E-state index in [-0.39, 0.29) is 0 Å². The molecule has 0 aliphatic heterocycles. The second-order valence-electron chi connectivity index (χ2n) is 3.12. The van der Waals surface area contributed by atoms with Crippen molar-refractivity contribution in [1.82, 2.24) is 4.98 Å². The van der Waals surface area contributed by atoms with E-state index in [1.807, 2.05) is 30.9 Å². The molecule has 72 valence electrons. The quantitative estimate of drug-likeness (QED) is 0.801. The second-order valence-corrected chi connectivity index (χ2v) is 4.69. The van der Waals surface area contributed by atoms with Gasteiger partial charge in [-0.05, 0) is 17.4 Å². The molecule has 1 aromatic heterocycles. The molecular formula is C10H16N2S. The molecule has 1 rings (SSSR count). The molecule has 0 saturated carbocycles. The van der Waals surface area contributed by atoms with E-state index in [0.29, 0.717) is 5.25 Å². The molecule has 0 bridgehead atoms. The molecule has 0 radical (unpaired) electrons. The predicted molar refractivity (Wildman–Crippen MR) is 60.2 cm³/mol. The van der Waals surface area contributed by atoms with Crippen LogP contribution in [0.3, 0.4) is 0 Å². The Morgan fingerprint density at radius 1 is 1.46 bits per heavy atom. The lowest BCUT2D eigenvalue weighted by atomic mass is 10.4. The fraction of sp³-hybridized carbons (Fsp3) is 0.500. The Morgan fingerprint density at radius 2 is 2.23 bits per heavy atom. The van der Waals surface area contributed by atoms with Crippen molar-refractivity contribution in [3.05, 3.63) is 23.9 Å². The van der Waals surface area contributed by atoms with Crippen LogP contribution in [0.5, 0.6) is 0 Å². The van der Waals surface area contributed by atoms with Gasteiger partial charge in [-0.25, -0.2) is 4.98 Å². The fourth-order valence-corrected chi connectivity index (χ4v) is 1.62. The highest BCUT2D eigenvalue weighted by Crippen LogP contribution is 2.16. The van der Waals surface area contributed by atoms with Gasteiger partial charge in [0.15, 0.2) is 0 Å². The Bertz CT molecular complexity index is 261. The van der Waals surface area contributed by atoms with Crippen molar-refractivity contribution in [3.63, 3.8) is 0 Å². The summed E-state index contributed by atoms with van der Waals surface area (Å²) in [5.74, 6) is 1.94. The third-order valence-corrected chi connectivity index (χ3v) is 2.76. The molecule has 0 atom stereocenters. The highest BCUT2D eigenvalue weighted by atomic mass is 32.2. The maximum atomic E-state index is 4.43. The van der Waals surface area contributed by atoms with Crippen LogP contribution in [-0.2, 0) is 5.75 Å².